The van der Waals surface area contributed by atoms with Crippen molar-refractivity contribution in [2.45, 2.75) is 18.7 Å². The topological polar surface area (TPSA) is 60.4 Å². The number of hydrogen-bond donors (Lipinski definition) is 0. The molecule has 100 valence electrons. The molecule has 1 aromatic carbocycles. The molecule has 0 spiro atoms. The molecule has 1 rings (SSSR count). The summed E-state index contributed by atoms with van der Waals surface area (Å²) < 4.78 is 27.4. The third kappa shape index (κ3) is 4.15. The molecule has 0 amide bonds. The van der Waals surface area contributed by atoms with Crippen LogP contribution in [0.4, 0.5) is 0 Å². The first-order valence-electron chi connectivity index (χ1n) is 5.13. The summed E-state index contributed by atoms with van der Waals surface area (Å²) in [4.78, 5) is 11.3. The van der Waals surface area contributed by atoms with Crippen LogP contribution in [-0.4, -0.2) is 21.0 Å². The number of ether oxygens (including phenoxy) is 1. The van der Waals surface area contributed by atoms with E-state index in [0.717, 1.165) is 6.07 Å². The fourth-order valence-corrected chi connectivity index (χ4v) is 2.64. The van der Waals surface area contributed by atoms with E-state index in [1.54, 1.807) is 0 Å². The second kappa shape index (κ2) is 5.91. The number of halogens is 2. The highest BCUT2D eigenvalue weighted by Gasteiger charge is 2.18. The summed E-state index contributed by atoms with van der Waals surface area (Å²) in [5.41, 5.74) is 0.0966. The summed E-state index contributed by atoms with van der Waals surface area (Å²) >= 11 is 5.70. The molecule has 4 nitrogen and oxygen atoms in total. The molecular weight excluding hydrogens is 299 g/mol. The van der Waals surface area contributed by atoms with Crippen molar-refractivity contribution in [3.05, 3.63) is 28.8 Å². The van der Waals surface area contributed by atoms with Crippen molar-refractivity contribution >= 4 is 37.3 Å². The molecule has 0 bridgehead atoms. The number of hydrogen-bond acceptors (Lipinski definition) is 4. The Morgan fingerprint density at radius 1 is 1.39 bits per heavy atom. The van der Waals surface area contributed by atoms with Gasteiger partial charge in [0.05, 0.1) is 17.2 Å². The van der Waals surface area contributed by atoms with Gasteiger partial charge in [0.25, 0.3) is 9.05 Å². The highest BCUT2D eigenvalue weighted by molar-refractivity contribution is 8.13. The Bertz CT molecular complexity index is 552. The van der Waals surface area contributed by atoms with Gasteiger partial charge >= 0.3 is 5.97 Å². The van der Waals surface area contributed by atoms with E-state index in [2.05, 4.69) is 0 Å². The van der Waals surface area contributed by atoms with Gasteiger partial charge in [-0.25, -0.2) is 13.2 Å². The molecule has 0 saturated heterocycles. The monoisotopic (exact) mass is 310 g/mol. The molecule has 0 atom stereocenters. The highest BCUT2D eigenvalue weighted by atomic mass is 35.7. The van der Waals surface area contributed by atoms with E-state index in [1.807, 2.05) is 13.8 Å². The van der Waals surface area contributed by atoms with Crippen molar-refractivity contribution in [3.8, 4) is 0 Å². The Morgan fingerprint density at radius 3 is 2.50 bits per heavy atom. The molecule has 0 aliphatic carbocycles. The predicted molar refractivity (Wildman–Crippen MR) is 69.6 cm³/mol. The molecule has 0 heterocycles. The molecule has 0 fully saturated rings. The largest absolute Gasteiger partial charge is 0.462 e. The molecule has 0 unspecified atom stereocenters. The van der Waals surface area contributed by atoms with E-state index in [-0.39, 0.29) is 28.0 Å². The van der Waals surface area contributed by atoms with Crippen LogP contribution in [0.1, 0.15) is 24.2 Å². The number of benzene rings is 1. The SMILES string of the molecule is CC(C)COC(=O)c1ccc(Cl)c(S(=O)(=O)Cl)c1. The van der Waals surface area contributed by atoms with Crippen molar-refractivity contribution in [1.29, 1.82) is 0 Å². The van der Waals surface area contributed by atoms with Crippen LogP contribution in [0.15, 0.2) is 23.1 Å². The highest BCUT2D eigenvalue weighted by Crippen LogP contribution is 2.26. The smallest absolute Gasteiger partial charge is 0.338 e. The van der Waals surface area contributed by atoms with Gasteiger partial charge in [0.15, 0.2) is 0 Å². The molecule has 7 heteroatoms. The van der Waals surface area contributed by atoms with Crippen LogP contribution in [0.3, 0.4) is 0 Å². The van der Waals surface area contributed by atoms with Gasteiger partial charge < -0.3 is 4.74 Å². The lowest BCUT2D eigenvalue weighted by atomic mass is 10.2. The Balaban J connectivity index is 3.02. The molecule has 18 heavy (non-hydrogen) atoms. The van der Waals surface area contributed by atoms with E-state index >= 15 is 0 Å². The fraction of sp³-hybridized carbons (Fsp3) is 0.364. The van der Waals surface area contributed by atoms with Gasteiger partial charge in [0.2, 0.25) is 0 Å². The van der Waals surface area contributed by atoms with Crippen molar-refractivity contribution < 1.29 is 17.9 Å². The minimum Gasteiger partial charge on any atom is -0.462 e. The fourth-order valence-electron chi connectivity index (χ4n) is 1.14. The third-order valence-electron chi connectivity index (χ3n) is 1.98. The first-order chi connectivity index (χ1) is 8.21. The van der Waals surface area contributed by atoms with Gasteiger partial charge in [-0.15, -0.1) is 0 Å². The van der Waals surface area contributed by atoms with Crippen LogP contribution in [0.2, 0.25) is 5.02 Å². The Kier molecular flexibility index (Phi) is 5.01. The van der Waals surface area contributed by atoms with Gasteiger partial charge in [0.1, 0.15) is 4.90 Å². The molecular formula is C11H12Cl2O4S. The molecule has 0 saturated carbocycles. The number of carbonyl (C=O) groups is 1. The molecule has 0 aromatic heterocycles. The average Bonchev–Trinajstić information content (AvgIpc) is 2.24. The average molecular weight is 311 g/mol. The second-order valence-corrected chi connectivity index (χ2v) is 7.02. The normalized spacial score (nSPS) is 11.6. The van der Waals surface area contributed by atoms with E-state index in [9.17, 15) is 13.2 Å². The predicted octanol–water partition coefficient (Wildman–Crippen LogP) is 3.08. The summed E-state index contributed by atoms with van der Waals surface area (Å²) in [6, 6.07) is 3.78. The van der Waals surface area contributed by atoms with Crippen LogP contribution in [0.5, 0.6) is 0 Å². The van der Waals surface area contributed by atoms with E-state index in [0.29, 0.717) is 0 Å². The van der Waals surface area contributed by atoms with Crippen LogP contribution < -0.4 is 0 Å². The van der Waals surface area contributed by atoms with Crippen molar-refractivity contribution in [2.24, 2.45) is 5.92 Å². The molecule has 1 aromatic rings. The van der Waals surface area contributed by atoms with Gasteiger partial charge in [-0.05, 0) is 24.1 Å². The maximum atomic E-state index is 11.6. The van der Waals surface area contributed by atoms with Crippen LogP contribution in [0, 0.1) is 5.92 Å². The standard InChI is InChI=1S/C11H12Cl2O4S/c1-7(2)6-17-11(14)8-3-4-9(12)10(5-8)18(13,15)16/h3-5,7H,6H2,1-2H3. The zero-order valence-corrected chi connectivity index (χ0v) is 12.1. The van der Waals surface area contributed by atoms with Gasteiger partial charge in [-0.3, -0.25) is 0 Å². The van der Waals surface area contributed by atoms with E-state index in [1.165, 1.54) is 12.1 Å². The van der Waals surface area contributed by atoms with Crippen molar-refractivity contribution in [1.82, 2.24) is 0 Å². The molecule has 0 N–H and O–H groups in total. The number of carbonyl (C=O) groups excluding carboxylic acids is 1. The van der Waals surface area contributed by atoms with Gasteiger partial charge in [0, 0.05) is 10.7 Å². The van der Waals surface area contributed by atoms with Gasteiger partial charge in [-0.2, -0.15) is 0 Å². The summed E-state index contributed by atoms with van der Waals surface area (Å²) in [6.45, 7) is 4.04. The molecule has 0 radical (unpaired) electrons. The van der Waals surface area contributed by atoms with Crippen LogP contribution in [-0.2, 0) is 13.8 Å². The third-order valence-corrected chi connectivity index (χ3v) is 3.78. The zero-order chi connectivity index (χ0) is 13.9. The maximum absolute atomic E-state index is 11.6. The van der Waals surface area contributed by atoms with Crippen molar-refractivity contribution in [2.75, 3.05) is 6.61 Å². The lowest BCUT2D eigenvalue weighted by Crippen LogP contribution is -2.10. The maximum Gasteiger partial charge on any atom is 0.338 e. The van der Waals surface area contributed by atoms with Crippen molar-refractivity contribution in [3.63, 3.8) is 0 Å². The molecule has 0 aliphatic rings. The van der Waals surface area contributed by atoms with Crippen LogP contribution >= 0.6 is 22.3 Å². The quantitative estimate of drug-likeness (QED) is 0.633. The summed E-state index contributed by atoms with van der Waals surface area (Å²) in [7, 11) is 1.22. The zero-order valence-electron chi connectivity index (χ0n) is 9.81. The minimum absolute atomic E-state index is 0.0367. The number of esters is 1. The van der Waals surface area contributed by atoms with E-state index in [4.69, 9.17) is 27.0 Å². The first-order valence-corrected chi connectivity index (χ1v) is 7.82. The summed E-state index contributed by atoms with van der Waals surface area (Å²) in [6.07, 6.45) is 0. The van der Waals surface area contributed by atoms with E-state index < -0.39 is 15.0 Å². The lowest BCUT2D eigenvalue weighted by molar-refractivity contribution is 0.0458. The Morgan fingerprint density at radius 2 is 2.00 bits per heavy atom. The second-order valence-electron chi connectivity index (χ2n) is 4.08. The minimum atomic E-state index is -3.99. The summed E-state index contributed by atoms with van der Waals surface area (Å²) in [5.74, 6) is -0.417. The number of rotatable bonds is 4. The van der Waals surface area contributed by atoms with Crippen LogP contribution in [0.25, 0.3) is 0 Å². The van der Waals surface area contributed by atoms with Gasteiger partial charge in [-0.1, -0.05) is 25.4 Å². The first kappa shape index (κ1) is 15.3. The lowest BCUT2D eigenvalue weighted by Gasteiger charge is -2.08. The Labute approximate surface area is 115 Å². The summed E-state index contributed by atoms with van der Waals surface area (Å²) in [5, 5.41) is -0.0367. The molecule has 0 aliphatic heterocycles. The Hall–Kier alpha value is -0.780.